The number of aliphatic imine (C=N–C) groups is 1. The molecule has 1 N–H and O–H groups in total. The summed E-state index contributed by atoms with van der Waals surface area (Å²) in [7, 11) is 0. The molecule has 0 radical (unpaired) electrons. The number of aromatic nitrogens is 2. The Morgan fingerprint density at radius 1 is 1.33 bits per heavy atom. The van der Waals surface area contributed by atoms with Crippen molar-refractivity contribution in [1.29, 1.82) is 0 Å². The molecule has 0 aromatic carbocycles. The Kier molecular flexibility index (Phi) is 6.48. The van der Waals surface area contributed by atoms with Crippen LogP contribution in [0.1, 0.15) is 26.2 Å². The second-order valence-electron chi connectivity index (χ2n) is 6.27. The second kappa shape index (κ2) is 9.03. The molecule has 2 aliphatic heterocycles. The number of hydrogen-bond acceptors (Lipinski definition) is 4. The number of nitrogens with zero attached hydrogens (tertiary/aromatic N) is 4. The molecule has 2 aliphatic rings. The van der Waals surface area contributed by atoms with E-state index in [-0.39, 0.29) is 12.2 Å². The minimum Gasteiger partial charge on any atom is -0.375 e. The highest BCUT2D eigenvalue weighted by atomic mass is 16.5. The van der Waals surface area contributed by atoms with E-state index in [2.05, 4.69) is 22.2 Å². The minimum atomic E-state index is 0.161. The Hall–Kier alpha value is -1.60. The van der Waals surface area contributed by atoms with Gasteiger partial charge in [-0.05, 0) is 32.3 Å². The largest absolute Gasteiger partial charge is 0.375 e. The van der Waals surface area contributed by atoms with Crippen LogP contribution in [0.25, 0.3) is 0 Å². The maximum Gasteiger partial charge on any atom is 0.194 e. The maximum absolute atomic E-state index is 5.93. The van der Waals surface area contributed by atoms with E-state index in [1.165, 1.54) is 0 Å². The predicted octanol–water partition coefficient (Wildman–Crippen LogP) is 1.12. The monoisotopic (exact) mass is 335 g/mol. The van der Waals surface area contributed by atoms with Gasteiger partial charge in [-0.25, -0.2) is 0 Å². The van der Waals surface area contributed by atoms with Crippen LogP contribution in [0.5, 0.6) is 0 Å². The van der Waals surface area contributed by atoms with Crippen LogP contribution >= 0.6 is 0 Å². The van der Waals surface area contributed by atoms with Crippen LogP contribution in [0.3, 0.4) is 0 Å². The number of morpholine rings is 1. The summed E-state index contributed by atoms with van der Waals surface area (Å²) in [5, 5.41) is 7.64. The summed E-state index contributed by atoms with van der Waals surface area (Å²) in [6.07, 6.45) is 7.44. The maximum atomic E-state index is 5.93. The van der Waals surface area contributed by atoms with Crippen molar-refractivity contribution in [3.05, 3.63) is 18.5 Å². The Morgan fingerprint density at radius 2 is 2.25 bits per heavy atom. The zero-order chi connectivity index (χ0) is 16.6. The summed E-state index contributed by atoms with van der Waals surface area (Å²) in [5.74, 6) is 0.990. The highest BCUT2D eigenvalue weighted by Crippen LogP contribution is 2.21. The van der Waals surface area contributed by atoms with Crippen molar-refractivity contribution in [3.63, 3.8) is 0 Å². The van der Waals surface area contributed by atoms with E-state index in [4.69, 9.17) is 14.5 Å². The molecule has 0 aliphatic carbocycles. The third-order valence-corrected chi connectivity index (χ3v) is 4.47. The summed E-state index contributed by atoms with van der Waals surface area (Å²) in [6, 6.07) is 1.95. The summed E-state index contributed by atoms with van der Waals surface area (Å²) >= 11 is 0. The van der Waals surface area contributed by atoms with Crippen molar-refractivity contribution in [1.82, 2.24) is 20.0 Å². The van der Waals surface area contributed by atoms with Crippen molar-refractivity contribution < 1.29 is 9.47 Å². The fourth-order valence-corrected chi connectivity index (χ4v) is 3.26. The van der Waals surface area contributed by atoms with Gasteiger partial charge >= 0.3 is 0 Å². The zero-order valence-electron chi connectivity index (χ0n) is 14.6. The van der Waals surface area contributed by atoms with Crippen LogP contribution < -0.4 is 5.32 Å². The van der Waals surface area contributed by atoms with Crippen molar-refractivity contribution in [3.8, 4) is 0 Å². The zero-order valence-corrected chi connectivity index (χ0v) is 14.6. The lowest BCUT2D eigenvalue weighted by Crippen LogP contribution is -2.53. The molecule has 2 unspecified atom stereocenters. The Bertz CT molecular complexity index is 499. The average molecular weight is 335 g/mol. The summed E-state index contributed by atoms with van der Waals surface area (Å²) in [6.45, 7) is 8.02. The van der Waals surface area contributed by atoms with Gasteiger partial charge in [-0.2, -0.15) is 5.10 Å². The van der Waals surface area contributed by atoms with Crippen molar-refractivity contribution in [2.45, 2.75) is 44.9 Å². The normalized spacial score (nSPS) is 25.2. The number of ether oxygens (including phenoxy) is 2. The van der Waals surface area contributed by atoms with E-state index in [0.717, 1.165) is 71.2 Å². The molecule has 3 rings (SSSR count). The van der Waals surface area contributed by atoms with Gasteiger partial charge in [0.05, 0.1) is 12.7 Å². The first-order chi connectivity index (χ1) is 11.9. The van der Waals surface area contributed by atoms with E-state index >= 15 is 0 Å². The lowest BCUT2D eigenvalue weighted by molar-refractivity contribution is -0.0817. The molecule has 134 valence electrons. The van der Waals surface area contributed by atoms with E-state index in [0.29, 0.717) is 0 Å². The van der Waals surface area contributed by atoms with Crippen LogP contribution in [0.15, 0.2) is 23.5 Å². The minimum absolute atomic E-state index is 0.161. The van der Waals surface area contributed by atoms with E-state index in [9.17, 15) is 0 Å². The predicted molar refractivity (Wildman–Crippen MR) is 93.1 cm³/mol. The topological polar surface area (TPSA) is 63.9 Å². The van der Waals surface area contributed by atoms with Gasteiger partial charge in [0, 0.05) is 51.7 Å². The Morgan fingerprint density at radius 3 is 3.00 bits per heavy atom. The summed E-state index contributed by atoms with van der Waals surface area (Å²) in [5.41, 5.74) is 0. The van der Waals surface area contributed by atoms with E-state index in [1.54, 1.807) is 0 Å². The second-order valence-corrected chi connectivity index (χ2v) is 6.27. The highest BCUT2D eigenvalue weighted by Gasteiger charge is 2.32. The number of nitrogens with one attached hydrogen (secondary N) is 1. The fourth-order valence-electron chi connectivity index (χ4n) is 3.26. The highest BCUT2D eigenvalue weighted by molar-refractivity contribution is 5.80. The molecule has 1 aromatic heterocycles. The first-order valence-electron chi connectivity index (χ1n) is 9.10. The Balaban J connectivity index is 1.51. The van der Waals surface area contributed by atoms with Crippen molar-refractivity contribution in [2.75, 3.05) is 39.4 Å². The quantitative estimate of drug-likeness (QED) is 0.479. The molecule has 0 amide bonds. The van der Waals surface area contributed by atoms with Crippen LogP contribution in [0.4, 0.5) is 0 Å². The van der Waals surface area contributed by atoms with Crippen molar-refractivity contribution in [2.24, 2.45) is 4.99 Å². The standard InChI is InChI=1S/C17H29N5O2/c1-2-18-17(19-7-4-9-22-10-5-8-20-22)21-11-13-24-16(14-21)15-6-3-12-23-15/h5,8,10,15-16H,2-4,6-7,9,11-14H2,1H3,(H,18,19). The average Bonchev–Trinajstić information content (AvgIpc) is 3.31. The molecule has 3 heterocycles. The smallest absolute Gasteiger partial charge is 0.194 e. The van der Waals surface area contributed by atoms with Gasteiger partial charge in [0.15, 0.2) is 5.96 Å². The van der Waals surface area contributed by atoms with E-state index in [1.807, 2.05) is 23.1 Å². The molecule has 0 saturated carbocycles. The van der Waals surface area contributed by atoms with Gasteiger partial charge in [0.25, 0.3) is 0 Å². The summed E-state index contributed by atoms with van der Waals surface area (Å²) in [4.78, 5) is 7.10. The lowest BCUT2D eigenvalue weighted by atomic mass is 10.1. The Labute approximate surface area is 144 Å². The molecule has 2 atom stereocenters. The van der Waals surface area contributed by atoms with Gasteiger partial charge in [0.1, 0.15) is 6.10 Å². The van der Waals surface area contributed by atoms with Crippen LogP contribution in [0.2, 0.25) is 0 Å². The van der Waals surface area contributed by atoms with Gasteiger partial charge in [-0.3, -0.25) is 9.67 Å². The molecule has 24 heavy (non-hydrogen) atoms. The molecule has 0 spiro atoms. The van der Waals surface area contributed by atoms with Gasteiger partial charge in [-0.15, -0.1) is 0 Å². The third kappa shape index (κ3) is 4.70. The fraction of sp³-hybridized carbons (Fsp3) is 0.765. The molecular weight excluding hydrogens is 306 g/mol. The van der Waals surface area contributed by atoms with Gasteiger partial charge in [0.2, 0.25) is 0 Å². The number of hydrogen-bond donors (Lipinski definition) is 1. The number of aryl methyl sites for hydroxylation is 1. The molecule has 2 fully saturated rings. The summed E-state index contributed by atoms with van der Waals surface area (Å²) < 4.78 is 13.7. The number of guanidine groups is 1. The van der Waals surface area contributed by atoms with Gasteiger partial charge < -0.3 is 19.7 Å². The van der Waals surface area contributed by atoms with Gasteiger partial charge in [-0.1, -0.05) is 0 Å². The lowest BCUT2D eigenvalue weighted by Gasteiger charge is -2.37. The van der Waals surface area contributed by atoms with Crippen molar-refractivity contribution >= 4 is 5.96 Å². The van der Waals surface area contributed by atoms with E-state index < -0.39 is 0 Å². The molecule has 0 bridgehead atoms. The molecule has 7 nitrogen and oxygen atoms in total. The molecule has 7 heteroatoms. The SMILES string of the molecule is CCNC(=NCCCn1cccn1)N1CCOC(C2CCCO2)C1. The first kappa shape index (κ1) is 17.2. The molecule has 1 aromatic rings. The number of rotatable bonds is 6. The molecular formula is C17H29N5O2. The van der Waals surface area contributed by atoms with Crippen LogP contribution in [0, 0.1) is 0 Å². The molecule has 2 saturated heterocycles. The van der Waals surface area contributed by atoms with Crippen LogP contribution in [-0.4, -0.2) is 72.2 Å². The first-order valence-corrected chi connectivity index (χ1v) is 9.10. The third-order valence-electron chi connectivity index (χ3n) is 4.47. The van der Waals surface area contributed by atoms with Crippen LogP contribution in [-0.2, 0) is 16.0 Å².